The second kappa shape index (κ2) is 4.22. The van der Waals surface area contributed by atoms with Crippen LogP contribution in [0.1, 0.15) is 44.2 Å². The number of rotatable bonds is 2. The Morgan fingerprint density at radius 1 is 0.857 bits per heavy atom. The third kappa shape index (κ3) is 1.74. The zero-order valence-electron chi connectivity index (χ0n) is 12.4. The topological polar surface area (TPSA) is 17.8 Å². The number of benzene rings is 1. The molecule has 108 valence electrons. The average Bonchev–Trinajstić information content (AvgIpc) is 2.97. The third-order valence-corrected chi connectivity index (χ3v) is 6.23. The first-order chi connectivity index (χ1) is 10.3. The number of aromatic nitrogens is 2. The molecule has 0 amide bonds. The molecule has 21 heavy (non-hydrogen) atoms. The van der Waals surface area contributed by atoms with Crippen LogP contribution in [-0.4, -0.2) is 9.78 Å². The van der Waals surface area contributed by atoms with Crippen LogP contribution in [0.4, 0.5) is 0 Å². The number of para-hydroxylation sites is 1. The first kappa shape index (κ1) is 12.0. The predicted octanol–water partition coefficient (Wildman–Crippen LogP) is 4.34. The molecule has 0 radical (unpaired) electrons. The minimum Gasteiger partial charge on any atom is -0.237 e. The van der Waals surface area contributed by atoms with E-state index in [1.54, 1.807) is 0 Å². The second-order valence-corrected chi connectivity index (χ2v) is 7.66. The fraction of sp³-hybridized carbons (Fsp3) is 0.526. The molecule has 0 spiro atoms. The van der Waals surface area contributed by atoms with Gasteiger partial charge in [0.1, 0.15) is 0 Å². The van der Waals surface area contributed by atoms with Gasteiger partial charge in [-0.1, -0.05) is 18.2 Å². The Balaban J connectivity index is 1.61. The van der Waals surface area contributed by atoms with Crippen LogP contribution in [0.25, 0.3) is 5.69 Å². The largest absolute Gasteiger partial charge is 0.237 e. The molecule has 4 saturated carbocycles. The van der Waals surface area contributed by atoms with Crippen molar-refractivity contribution in [3.8, 4) is 5.69 Å². The van der Waals surface area contributed by atoms with Crippen molar-refractivity contribution in [2.75, 3.05) is 0 Å². The van der Waals surface area contributed by atoms with Crippen molar-refractivity contribution in [1.82, 2.24) is 9.78 Å². The van der Waals surface area contributed by atoms with E-state index in [9.17, 15) is 0 Å². The Morgan fingerprint density at radius 2 is 1.48 bits per heavy atom. The molecule has 1 aromatic carbocycles. The quantitative estimate of drug-likeness (QED) is 0.799. The first-order valence-electron chi connectivity index (χ1n) is 8.42. The maximum atomic E-state index is 4.66. The van der Waals surface area contributed by atoms with Crippen molar-refractivity contribution >= 4 is 0 Å². The lowest BCUT2D eigenvalue weighted by molar-refractivity contribution is -0.00827. The van der Waals surface area contributed by atoms with Crippen molar-refractivity contribution in [1.29, 1.82) is 0 Å². The summed E-state index contributed by atoms with van der Waals surface area (Å²) in [6, 6.07) is 13.0. The molecule has 1 heterocycles. The summed E-state index contributed by atoms with van der Waals surface area (Å²) < 4.78 is 2.22. The van der Waals surface area contributed by atoms with E-state index in [0.717, 1.165) is 17.8 Å². The molecule has 4 bridgehead atoms. The molecule has 1 aromatic heterocycles. The van der Waals surface area contributed by atoms with Gasteiger partial charge in [0.2, 0.25) is 0 Å². The van der Waals surface area contributed by atoms with E-state index in [0.29, 0.717) is 5.41 Å². The van der Waals surface area contributed by atoms with Gasteiger partial charge in [0, 0.05) is 11.6 Å². The lowest BCUT2D eigenvalue weighted by atomic mass is 9.49. The molecule has 2 heteroatoms. The van der Waals surface area contributed by atoms with Crippen molar-refractivity contribution < 1.29 is 0 Å². The fourth-order valence-corrected chi connectivity index (χ4v) is 5.90. The van der Waals surface area contributed by atoms with Crippen molar-refractivity contribution in [3.63, 3.8) is 0 Å². The van der Waals surface area contributed by atoms with E-state index in [2.05, 4.69) is 46.2 Å². The zero-order chi connectivity index (χ0) is 13.9. The average molecular weight is 278 g/mol. The molecule has 2 aromatic rings. The van der Waals surface area contributed by atoms with Crippen molar-refractivity contribution in [3.05, 3.63) is 48.3 Å². The van der Waals surface area contributed by atoms with Crippen LogP contribution in [-0.2, 0) is 5.41 Å². The van der Waals surface area contributed by atoms with Gasteiger partial charge in [0.15, 0.2) is 0 Å². The number of nitrogens with zero attached hydrogens (tertiary/aromatic N) is 2. The molecular formula is C19H22N2. The van der Waals surface area contributed by atoms with Crippen LogP contribution in [0.5, 0.6) is 0 Å². The summed E-state index contributed by atoms with van der Waals surface area (Å²) in [4.78, 5) is 0. The highest BCUT2D eigenvalue weighted by atomic mass is 15.3. The van der Waals surface area contributed by atoms with Crippen LogP contribution >= 0.6 is 0 Å². The van der Waals surface area contributed by atoms with Crippen molar-refractivity contribution in [2.45, 2.75) is 43.9 Å². The van der Waals surface area contributed by atoms with E-state index in [1.807, 2.05) is 6.20 Å². The van der Waals surface area contributed by atoms with E-state index < -0.39 is 0 Å². The van der Waals surface area contributed by atoms with Crippen LogP contribution in [0.3, 0.4) is 0 Å². The van der Waals surface area contributed by atoms with Gasteiger partial charge >= 0.3 is 0 Å². The van der Waals surface area contributed by atoms with Gasteiger partial charge in [0.25, 0.3) is 0 Å². The summed E-state index contributed by atoms with van der Waals surface area (Å²) >= 11 is 0. The lowest BCUT2D eigenvalue weighted by Crippen LogP contribution is -2.49. The van der Waals surface area contributed by atoms with Crippen LogP contribution < -0.4 is 0 Å². The summed E-state index contributed by atoms with van der Waals surface area (Å²) in [5.41, 5.74) is 3.11. The molecular weight excluding hydrogens is 256 g/mol. The highest BCUT2D eigenvalue weighted by Gasteiger charge is 2.52. The maximum Gasteiger partial charge on any atom is 0.0649 e. The molecule has 4 aliphatic rings. The van der Waals surface area contributed by atoms with Crippen LogP contribution in [0, 0.1) is 17.8 Å². The Hall–Kier alpha value is -1.57. The lowest BCUT2D eigenvalue weighted by Gasteiger charge is -2.56. The summed E-state index contributed by atoms with van der Waals surface area (Å²) in [6.07, 6.45) is 10.7. The Bertz CT molecular complexity index is 620. The standard InChI is InChI=1S/C19H22N2/c1-2-4-17(5-3-1)21-18(6-7-20-21)19-11-14-8-15(12-19)10-16(9-14)13-19/h1-7,14-16H,8-13H2. The monoisotopic (exact) mass is 278 g/mol. The molecule has 4 fully saturated rings. The van der Waals surface area contributed by atoms with Gasteiger partial charge in [-0.3, -0.25) is 0 Å². The summed E-state index contributed by atoms with van der Waals surface area (Å²) in [5.74, 6) is 2.95. The molecule has 0 atom stereocenters. The van der Waals surface area contributed by atoms with Gasteiger partial charge in [-0.25, -0.2) is 4.68 Å². The zero-order valence-corrected chi connectivity index (χ0v) is 12.4. The number of hydrogen-bond acceptors (Lipinski definition) is 1. The Labute approximate surface area is 126 Å². The van der Waals surface area contributed by atoms with E-state index >= 15 is 0 Å². The Morgan fingerprint density at radius 3 is 2.10 bits per heavy atom. The van der Waals surface area contributed by atoms with E-state index in [1.165, 1.54) is 49.9 Å². The first-order valence-corrected chi connectivity index (χ1v) is 8.42. The fourth-order valence-electron chi connectivity index (χ4n) is 5.90. The van der Waals surface area contributed by atoms with E-state index in [-0.39, 0.29) is 0 Å². The smallest absolute Gasteiger partial charge is 0.0649 e. The minimum absolute atomic E-state index is 0.418. The SMILES string of the molecule is c1ccc(-n2nccc2C23CC4CC(CC(C4)C2)C3)cc1. The van der Waals surface area contributed by atoms with Gasteiger partial charge < -0.3 is 0 Å². The highest BCUT2D eigenvalue weighted by Crippen LogP contribution is 2.60. The molecule has 2 nitrogen and oxygen atoms in total. The highest BCUT2D eigenvalue weighted by molar-refractivity contribution is 5.36. The maximum absolute atomic E-state index is 4.66. The molecule has 4 aliphatic carbocycles. The molecule has 0 aliphatic heterocycles. The van der Waals surface area contributed by atoms with Gasteiger partial charge in [-0.15, -0.1) is 0 Å². The van der Waals surface area contributed by atoms with Gasteiger partial charge in [-0.05, 0) is 74.5 Å². The molecule has 6 rings (SSSR count). The summed E-state index contributed by atoms with van der Waals surface area (Å²) in [6.45, 7) is 0. The molecule has 0 saturated heterocycles. The normalized spacial score (nSPS) is 37.0. The molecule has 0 unspecified atom stereocenters. The predicted molar refractivity (Wildman–Crippen MR) is 83.4 cm³/mol. The minimum atomic E-state index is 0.418. The van der Waals surface area contributed by atoms with Crippen LogP contribution in [0.2, 0.25) is 0 Å². The summed E-state index contributed by atoms with van der Waals surface area (Å²) in [5, 5.41) is 4.66. The van der Waals surface area contributed by atoms with Crippen molar-refractivity contribution in [2.24, 2.45) is 17.8 Å². The summed E-state index contributed by atoms with van der Waals surface area (Å²) in [7, 11) is 0. The second-order valence-electron chi connectivity index (χ2n) is 7.66. The number of hydrogen-bond donors (Lipinski definition) is 0. The van der Waals surface area contributed by atoms with Crippen LogP contribution in [0.15, 0.2) is 42.6 Å². The third-order valence-electron chi connectivity index (χ3n) is 6.23. The van der Waals surface area contributed by atoms with Gasteiger partial charge in [0.05, 0.1) is 11.4 Å². The Kier molecular flexibility index (Phi) is 2.42. The molecule has 0 N–H and O–H groups in total. The van der Waals surface area contributed by atoms with E-state index in [4.69, 9.17) is 0 Å². The van der Waals surface area contributed by atoms with Gasteiger partial charge in [-0.2, -0.15) is 5.10 Å².